The van der Waals surface area contributed by atoms with E-state index in [9.17, 15) is 4.79 Å². The van der Waals surface area contributed by atoms with Crippen molar-refractivity contribution < 1.29 is 4.79 Å². The highest BCUT2D eigenvalue weighted by Crippen LogP contribution is 2.42. The van der Waals surface area contributed by atoms with Crippen LogP contribution in [0.1, 0.15) is 49.9 Å². The summed E-state index contributed by atoms with van der Waals surface area (Å²) in [6.45, 7) is 4.45. The molecule has 2 heteroatoms. The zero-order chi connectivity index (χ0) is 10.9. The number of Topliss-reactive ketones (excluding diaryl/α,β-unsaturated/α-hetero) is 1. The summed E-state index contributed by atoms with van der Waals surface area (Å²) in [5.74, 6) is 0.531. The molecule has 0 radical (unpaired) electrons. The standard InChI is InChI=1S/C13H19NO/c1-13(2)7-4-3-5-11(13)12(15)10-6-8-14-9-10/h6,8-9,11,14H,3-5,7H2,1-2H3. The fraction of sp³-hybridized carbons (Fsp3) is 0.615. The SMILES string of the molecule is CC1(C)CCCCC1C(=O)c1cc[nH]c1. The lowest BCUT2D eigenvalue weighted by Gasteiger charge is -2.37. The first-order valence-electron chi connectivity index (χ1n) is 5.78. The molecule has 0 aromatic carbocycles. The van der Waals surface area contributed by atoms with E-state index in [1.165, 1.54) is 19.3 Å². The molecule has 0 amide bonds. The van der Waals surface area contributed by atoms with Crippen molar-refractivity contribution in [2.75, 3.05) is 0 Å². The molecule has 82 valence electrons. The molecule has 1 fully saturated rings. The molecule has 1 N–H and O–H groups in total. The van der Waals surface area contributed by atoms with Gasteiger partial charge in [-0.15, -0.1) is 0 Å². The second kappa shape index (κ2) is 3.84. The molecular weight excluding hydrogens is 186 g/mol. The highest BCUT2D eigenvalue weighted by atomic mass is 16.1. The van der Waals surface area contributed by atoms with E-state index in [-0.39, 0.29) is 11.3 Å². The van der Waals surface area contributed by atoms with Gasteiger partial charge in [-0.25, -0.2) is 0 Å². The molecule has 1 saturated carbocycles. The van der Waals surface area contributed by atoms with Gasteiger partial charge in [-0.05, 0) is 24.3 Å². The molecule has 15 heavy (non-hydrogen) atoms. The quantitative estimate of drug-likeness (QED) is 0.737. The summed E-state index contributed by atoms with van der Waals surface area (Å²) in [6.07, 6.45) is 8.33. The van der Waals surface area contributed by atoms with Crippen LogP contribution in [0.2, 0.25) is 0 Å². The summed E-state index contributed by atoms with van der Waals surface area (Å²) in [6, 6.07) is 1.88. The van der Waals surface area contributed by atoms with Gasteiger partial charge >= 0.3 is 0 Å². The third kappa shape index (κ3) is 1.99. The number of hydrogen-bond acceptors (Lipinski definition) is 1. The molecule has 1 heterocycles. The predicted octanol–water partition coefficient (Wildman–Crippen LogP) is 3.41. The normalized spacial score (nSPS) is 25.1. The van der Waals surface area contributed by atoms with Crippen molar-refractivity contribution in [3.8, 4) is 0 Å². The minimum absolute atomic E-state index is 0.173. The van der Waals surface area contributed by atoms with Crippen LogP contribution >= 0.6 is 0 Å². The first-order chi connectivity index (χ1) is 7.11. The summed E-state index contributed by atoms with van der Waals surface area (Å²) in [5.41, 5.74) is 1.02. The molecule has 0 spiro atoms. The largest absolute Gasteiger partial charge is 0.367 e. The maximum atomic E-state index is 12.3. The minimum atomic E-state index is 0.173. The van der Waals surface area contributed by atoms with Crippen LogP contribution in [0.4, 0.5) is 0 Å². The highest BCUT2D eigenvalue weighted by molar-refractivity contribution is 5.98. The van der Waals surface area contributed by atoms with E-state index in [0.717, 1.165) is 12.0 Å². The van der Waals surface area contributed by atoms with Gasteiger partial charge in [0, 0.05) is 23.9 Å². The fourth-order valence-electron chi connectivity index (χ4n) is 2.66. The van der Waals surface area contributed by atoms with Gasteiger partial charge in [0.25, 0.3) is 0 Å². The number of H-pyrrole nitrogens is 1. The molecule has 0 saturated heterocycles. The maximum Gasteiger partial charge on any atom is 0.167 e. The number of carbonyl (C=O) groups excluding carboxylic acids is 1. The number of carbonyl (C=O) groups is 1. The van der Waals surface area contributed by atoms with Crippen LogP contribution in [-0.2, 0) is 0 Å². The van der Waals surface area contributed by atoms with E-state index < -0.39 is 0 Å². The Labute approximate surface area is 91.1 Å². The van der Waals surface area contributed by atoms with Gasteiger partial charge in [0.1, 0.15) is 0 Å². The molecule has 1 aromatic rings. The average Bonchev–Trinajstić information content (AvgIpc) is 2.69. The first kappa shape index (κ1) is 10.5. The van der Waals surface area contributed by atoms with E-state index in [2.05, 4.69) is 18.8 Å². The van der Waals surface area contributed by atoms with Crippen molar-refractivity contribution >= 4 is 5.78 Å². The van der Waals surface area contributed by atoms with Crippen LogP contribution in [0.3, 0.4) is 0 Å². The summed E-state index contributed by atoms with van der Waals surface area (Å²) >= 11 is 0. The second-order valence-electron chi connectivity index (χ2n) is 5.25. The smallest absolute Gasteiger partial charge is 0.167 e. The second-order valence-corrected chi connectivity index (χ2v) is 5.25. The Bertz CT molecular complexity index is 337. The van der Waals surface area contributed by atoms with Crippen LogP contribution < -0.4 is 0 Å². The maximum absolute atomic E-state index is 12.3. The van der Waals surface area contributed by atoms with Gasteiger partial charge in [-0.1, -0.05) is 26.7 Å². The number of ketones is 1. The minimum Gasteiger partial charge on any atom is -0.367 e. The molecule has 1 unspecified atom stereocenters. The van der Waals surface area contributed by atoms with Crippen molar-refractivity contribution in [2.24, 2.45) is 11.3 Å². The Morgan fingerprint density at radius 3 is 2.87 bits per heavy atom. The summed E-state index contributed by atoms with van der Waals surface area (Å²) < 4.78 is 0. The lowest BCUT2D eigenvalue weighted by molar-refractivity contribution is 0.0697. The predicted molar refractivity (Wildman–Crippen MR) is 60.9 cm³/mol. The van der Waals surface area contributed by atoms with Crippen LogP contribution in [0.25, 0.3) is 0 Å². The topological polar surface area (TPSA) is 32.9 Å². The van der Waals surface area contributed by atoms with Gasteiger partial charge in [-0.3, -0.25) is 4.79 Å². The number of aromatic nitrogens is 1. The Morgan fingerprint density at radius 1 is 1.47 bits per heavy atom. The van der Waals surface area contributed by atoms with Gasteiger partial charge in [0.15, 0.2) is 5.78 Å². The molecular formula is C13H19NO. The van der Waals surface area contributed by atoms with E-state index in [1.54, 1.807) is 0 Å². The molecule has 1 aromatic heterocycles. The summed E-state index contributed by atoms with van der Waals surface area (Å²) in [7, 11) is 0. The van der Waals surface area contributed by atoms with Gasteiger partial charge in [-0.2, -0.15) is 0 Å². The first-order valence-corrected chi connectivity index (χ1v) is 5.78. The van der Waals surface area contributed by atoms with E-state index in [4.69, 9.17) is 0 Å². The van der Waals surface area contributed by atoms with Crippen LogP contribution in [0, 0.1) is 11.3 Å². The van der Waals surface area contributed by atoms with Crippen molar-refractivity contribution in [1.82, 2.24) is 4.98 Å². The molecule has 1 aliphatic carbocycles. The summed E-state index contributed by atoms with van der Waals surface area (Å²) in [5, 5.41) is 0. The summed E-state index contributed by atoms with van der Waals surface area (Å²) in [4.78, 5) is 15.2. The van der Waals surface area contributed by atoms with Crippen molar-refractivity contribution in [2.45, 2.75) is 39.5 Å². The zero-order valence-electron chi connectivity index (χ0n) is 9.55. The Hall–Kier alpha value is -1.05. The molecule has 0 aliphatic heterocycles. The number of rotatable bonds is 2. The van der Waals surface area contributed by atoms with E-state index >= 15 is 0 Å². The van der Waals surface area contributed by atoms with Crippen molar-refractivity contribution in [3.05, 3.63) is 24.0 Å². The van der Waals surface area contributed by atoms with E-state index in [1.807, 2.05) is 18.5 Å². The lowest BCUT2D eigenvalue weighted by Crippen LogP contribution is -2.33. The molecule has 2 nitrogen and oxygen atoms in total. The van der Waals surface area contributed by atoms with Crippen molar-refractivity contribution in [1.29, 1.82) is 0 Å². The third-order valence-corrected chi connectivity index (χ3v) is 3.71. The molecule has 0 bridgehead atoms. The number of hydrogen-bond donors (Lipinski definition) is 1. The lowest BCUT2D eigenvalue weighted by atomic mass is 9.66. The van der Waals surface area contributed by atoms with Gasteiger partial charge < -0.3 is 4.98 Å². The molecule has 1 aliphatic rings. The van der Waals surface area contributed by atoms with Crippen LogP contribution in [-0.4, -0.2) is 10.8 Å². The monoisotopic (exact) mass is 205 g/mol. The van der Waals surface area contributed by atoms with Crippen molar-refractivity contribution in [3.63, 3.8) is 0 Å². The Morgan fingerprint density at radius 2 is 2.27 bits per heavy atom. The fourth-order valence-corrected chi connectivity index (χ4v) is 2.66. The van der Waals surface area contributed by atoms with Gasteiger partial charge in [0.2, 0.25) is 0 Å². The Kier molecular flexibility index (Phi) is 2.68. The zero-order valence-corrected chi connectivity index (χ0v) is 9.55. The number of nitrogens with one attached hydrogen (secondary N) is 1. The van der Waals surface area contributed by atoms with Gasteiger partial charge in [0.05, 0.1) is 0 Å². The molecule has 1 atom stereocenters. The third-order valence-electron chi connectivity index (χ3n) is 3.71. The average molecular weight is 205 g/mol. The van der Waals surface area contributed by atoms with Crippen LogP contribution in [0.5, 0.6) is 0 Å². The highest BCUT2D eigenvalue weighted by Gasteiger charge is 2.37. The number of aromatic amines is 1. The van der Waals surface area contributed by atoms with E-state index in [0.29, 0.717) is 5.78 Å². The van der Waals surface area contributed by atoms with Crippen LogP contribution in [0.15, 0.2) is 18.5 Å². The molecule has 2 rings (SSSR count). The Balaban J connectivity index is 2.19.